The number of aromatic carboxylic acids is 1. The molecule has 12 heteroatoms. The summed E-state index contributed by atoms with van der Waals surface area (Å²) >= 11 is 0. The van der Waals surface area contributed by atoms with Gasteiger partial charge in [0.25, 0.3) is 0 Å². The molecule has 42 heavy (non-hydrogen) atoms. The fourth-order valence-corrected chi connectivity index (χ4v) is 5.20. The molecular weight excluding hydrogens is 543 g/mol. The summed E-state index contributed by atoms with van der Waals surface area (Å²) in [6.07, 6.45) is 4.25. The second-order valence-electron chi connectivity index (χ2n) is 10.5. The van der Waals surface area contributed by atoms with Gasteiger partial charge >= 0.3 is 5.97 Å². The minimum atomic E-state index is -0.961. The Kier molecular flexibility index (Phi) is 7.94. The number of hydrogen-bond acceptors (Lipinski definition) is 9. The third-order valence-corrected chi connectivity index (χ3v) is 7.57. The number of halogens is 1. The molecule has 1 N–H and O–H groups in total. The number of nitrogens with zero attached hydrogens (tertiary/aromatic N) is 6. The topological polar surface area (TPSA) is 136 Å². The second kappa shape index (κ2) is 12.1. The molecule has 216 valence electrons. The molecule has 0 radical (unpaired) electrons. The van der Waals surface area contributed by atoms with E-state index in [-0.39, 0.29) is 35.7 Å². The number of piperidine rings is 1. The Labute approximate surface area is 241 Å². The van der Waals surface area contributed by atoms with Crippen LogP contribution < -0.4 is 9.47 Å². The van der Waals surface area contributed by atoms with E-state index in [4.69, 9.17) is 24.5 Å². The lowest BCUT2D eigenvalue weighted by Crippen LogP contribution is -2.39. The number of hydrogen-bond donors (Lipinski definition) is 1. The Balaban J connectivity index is 1.06. The van der Waals surface area contributed by atoms with E-state index in [9.17, 15) is 14.3 Å². The van der Waals surface area contributed by atoms with Gasteiger partial charge in [0.05, 0.1) is 53.6 Å². The molecule has 4 aromatic rings. The van der Waals surface area contributed by atoms with E-state index < -0.39 is 11.8 Å². The van der Waals surface area contributed by atoms with Gasteiger partial charge in [0.1, 0.15) is 30.0 Å². The molecule has 2 aliphatic heterocycles. The van der Waals surface area contributed by atoms with Crippen molar-refractivity contribution in [3.05, 3.63) is 77.1 Å². The highest BCUT2D eigenvalue weighted by atomic mass is 19.1. The summed E-state index contributed by atoms with van der Waals surface area (Å²) in [5.74, 6) is -0.0796. The Morgan fingerprint density at radius 2 is 2.00 bits per heavy atom. The number of carboxylic acid groups (broad SMARTS) is 1. The van der Waals surface area contributed by atoms with Gasteiger partial charge in [-0.2, -0.15) is 15.5 Å². The summed E-state index contributed by atoms with van der Waals surface area (Å²) < 4.78 is 33.6. The van der Waals surface area contributed by atoms with E-state index in [1.165, 1.54) is 12.1 Å². The number of rotatable bonds is 10. The van der Waals surface area contributed by atoms with Crippen molar-refractivity contribution in [1.82, 2.24) is 24.6 Å². The van der Waals surface area contributed by atoms with Crippen LogP contribution in [0.1, 0.15) is 46.7 Å². The summed E-state index contributed by atoms with van der Waals surface area (Å²) in [4.78, 5) is 18.7. The van der Waals surface area contributed by atoms with Crippen molar-refractivity contribution in [2.75, 3.05) is 19.7 Å². The predicted molar refractivity (Wildman–Crippen MR) is 147 cm³/mol. The van der Waals surface area contributed by atoms with Gasteiger partial charge in [-0.25, -0.2) is 14.2 Å². The van der Waals surface area contributed by atoms with Crippen molar-refractivity contribution in [2.24, 2.45) is 0 Å². The molecule has 2 fully saturated rings. The number of ether oxygens (including phenoxy) is 3. The summed E-state index contributed by atoms with van der Waals surface area (Å²) in [5, 5.41) is 26.4. The van der Waals surface area contributed by atoms with Crippen LogP contribution in [0, 0.1) is 17.1 Å². The van der Waals surface area contributed by atoms with Crippen LogP contribution in [-0.4, -0.2) is 67.6 Å². The minimum Gasteiger partial charge on any atom is -0.489 e. The first-order valence-corrected chi connectivity index (χ1v) is 13.8. The SMILES string of the molecule is N#Cc1ccc(OCc2cc(OC3CCN(Cc4nc5ccc(C(=O)O)cc5n4C[C@@H]4CCO4)CC3)cnn2)c(F)c1. The number of likely N-dealkylation sites (tertiary alicyclic amines) is 1. The quantitative estimate of drug-likeness (QED) is 0.298. The predicted octanol–water partition coefficient (Wildman–Crippen LogP) is 3.95. The minimum absolute atomic E-state index is 0.00416. The number of benzene rings is 2. The van der Waals surface area contributed by atoms with E-state index in [0.29, 0.717) is 24.5 Å². The molecule has 4 heterocycles. The number of imidazole rings is 1. The second-order valence-corrected chi connectivity index (χ2v) is 10.5. The molecule has 2 aromatic carbocycles. The number of nitriles is 1. The van der Waals surface area contributed by atoms with Crippen molar-refractivity contribution < 1.29 is 28.5 Å². The highest BCUT2D eigenvalue weighted by molar-refractivity contribution is 5.92. The van der Waals surface area contributed by atoms with Gasteiger partial charge in [-0.1, -0.05) is 0 Å². The van der Waals surface area contributed by atoms with Crippen LogP contribution in [0.4, 0.5) is 4.39 Å². The normalized spacial score (nSPS) is 17.5. The zero-order valence-corrected chi connectivity index (χ0v) is 22.8. The molecule has 2 saturated heterocycles. The zero-order valence-electron chi connectivity index (χ0n) is 22.8. The van der Waals surface area contributed by atoms with Crippen molar-refractivity contribution in [1.29, 1.82) is 5.26 Å². The van der Waals surface area contributed by atoms with Crippen LogP contribution in [0.3, 0.4) is 0 Å². The third kappa shape index (κ3) is 6.17. The fourth-order valence-electron chi connectivity index (χ4n) is 5.20. The molecule has 0 amide bonds. The first-order chi connectivity index (χ1) is 20.4. The number of carboxylic acids is 1. The number of aromatic nitrogens is 4. The molecule has 0 bridgehead atoms. The monoisotopic (exact) mass is 572 g/mol. The summed E-state index contributed by atoms with van der Waals surface area (Å²) in [6, 6.07) is 12.7. The first-order valence-electron chi connectivity index (χ1n) is 13.8. The van der Waals surface area contributed by atoms with Gasteiger partial charge in [-0.3, -0.25) is 4.90 Å². The van der Waals surface area contributed by atoms with E-state index in [2.05, 4.69) is 19.7 Å². The molecule has 0 spiro atoms. The van der Waals surface area contributed by atoms with Crippen molar-refractivity contribution >= 4 is 17.0 Å². The molecule has 2 aromatic heterocycles. The largest absolute Gasteiger partial charge is 0.489 e. The van der Waals surface area contributed by atoms with Gasteiger partial charge in [0.15, 0.2) is 11.6 Å². The van der Waals surface area contributed by atoms with Crippen LogP contribution in [-0.2, 0) is 24.4 Å². The van der Waals surface area contributed by atoms with Crippen molar-refractivity contribution in [2.45, 2.75) is 51.2 Å². The Morgan fingerprint density at radius 1 is 1.17 bits per heavy atom. The molecule has 0 aliphatic carbocycles. The molecule has 11 nitrogen and oxygen atoms in total. The van der Waals surface area contributed by atoms with Gasteiger partial charge in [-0.05, 0) is 55.7 Å². The van der Waals surface area contributed by atoms with Crippen molar-refractivity contribution in [3.8, 4) is 17.6 Å². The van der Waals surface area contributed by atoms with Crippen LogP contribution in [0.25, 0.3) is 11.0 Å². The third-order valence-electron chi connectivity index (χ3n) is 7.57. The lowest BCUT2D eigenvalue weighted by Gasteiger charge is -2.32. The van der Waals surface area contributed by atoms with Gasteiger partial charge in [0, 0.05) is 25.8 Å². The number of carbonyl (C=O) groups is 1. The zero-order chi connectivity index (χ0) is 29.1. The lowest BCUT2D eigenvalue weighted by atomic mass is 10.1. The molecule has 0 unspecified atom stereocenters. The maximum atomic E-state index is 14.1. The van der Waals surface area contributed by atoms with Gasteiger partial charge in [0.2, 0.25) is 0 Å². The molecule has 6 rings (SSSR count). The molecule has 2 aliphatic rings. The highest BCUT2D eigenvalue weighted by Gasteiger charge is 2.26. The molecular formula is C30H29FN6O5. The van der Waals surface area contributed by atoms with E-state index in [1.807, 2.05) is 6.07 Å². The fraction of sp³-hybridized carbons (Fsp3) is 0.367. The Morgan fingerprint density at radius 3 is 2.71 bits per heavy atom. The molecule has 0 saturated carbocycles. The van der Waals surface area contributed by atoms with Crippen LogP contribution in [0.15, 0.2) is 48.7 Å². The highest BCUT2D eigenvalue weighted by Crippen LogP contribution is 2.26. The lowest BCUT2D eigenvalue weighted by molar-refractivity contribution is -0.0592. The standard InChI is InChI=1S/C30H29FN6O5/c31-25-11-19(14-32)1-4-28(25)41-18-21-13-24(15-33-35-21)42-22-5-8-36(9-6-22)17-29-34-26-3-2-20(30(38)39)12-27(26)37(29)16-23-7-10-40-23/h1-4,11-13,15,22-23H,5-10,16-18H2,(H,38,39)/t23-/m0/s1. The van der Waals surface area contributed by atoms with Crippen molar-refractivity contribution in [3.63, 3.8) is 0 Å². The van der Waals surface area contributed by atoms with Crippen LogP contribution >= 0.6 is 0 Å². The van der Waals surface area contributed by atoms with Gasteiger partial charge in [-0.15, -0.1) is 0 Å². The summed E-state index contributed by atoms with van der Waals surface area (Å²) in [6.45, 7) is 3.65. The molecule has 1 atom stereocenters. The summed E-state index contributed by atoms with van der Waals surface area (Å²) in [7, 11) is 0. The number of fused-ring (bicyclic) bond motifs is 1. The van der Waals surface area contributed by atoms with Crippen LogP contribution in [0.2, 0.25) is 0 Å². The van der Waals surface area contributed by atoms with E-state index in [1.54, 1.807) is 30.5 Å². The van der Waals surface area contributed by atoms with Crippen LogP contribution in [0.5, 0.6) is 11.5 Å². The Hall–Kier alpha value is -4.60. The van der Waals surface area contributed by atoms with E-state index in [0.717, 1.165) is 61.9 Å². The first kappa shape index (κ1) is 27.6. The average molecular weight is 573 g/mol. The maximum Gasteiger partial charge on any atom is 0.335 e. The smallest absolute Gasteiger partial charge is 0.335 e. The average Bonchev–Trinajstić information content (AvgIpc) is 3.31. The van der Waals surface area contributed by atoms with E-state index >= 15 is 0 Å². The summed E-state index contributed by atoms with van der Waals surface area (Å²) in [5.41, 5.74) is 2.54. The Bertz CT molecular complexity index is 1640. The maximum absolute atomic E-state index is 14.1. The van der Waals surface area contributed by atoms with Gasteiger partial charge < -0.3 is 23.9 Å².